The Morgan fingerprint density at radius 2 is 2.00 bits per heavy atom. The number of hydrogen-bond acceptors (Lipinski definition) is 3. The van der Waals surface area contributed by atoms with Crippen LogP contribution in [0.15, 0.2) is 0 Å². The van der Waals surface area contributed by atoms with Gasteiger partial charge in [0, 0.05) is 25.7 Å². The molecule has 0 aromatic carbocycles. The van der Waals surface area contributed by atoms with E-state index in [-0.39, 0.29) is 0 Å². The van der Waals surface area contributed by atoms with E-state index in [0.717, 1.165) is 19.1 Å². The van der Waals surface area contributed by atoms with E-state index in [0.29, 0.717) is 12.1 Å². The van der Waals surface area contributed by atoms with Gasteiger partial charge in [-0.05, 0) is 45.7 Å². The lowest BCUT2D eigenvalue weighted by atomic mass is 9.98. The zero-order valence-corrected chi connectivity index (χ0v) is 11.5. The lowest BCUT2D eigenvalue weighted by molar-refractivity contribution is 0.0763. The fourth-order valence-electron chi connectivity index (χ4n) is 3.38. The van der Waals surface area contributed by atoms with E-state index >= 15 is 0 Å². The van der Waals surface area contributed by atoms with Crippen molar-refractivity contribution in [3.8, 4) is 0 Å². The van der Waals surface area contributed by atoms with E-state index in [1.807, 2.05) is 0 Å². The average molecular weight is 240 g/mol. The average Bonchev–Trinajstić information content (AvgIpc) is 2.97. The molecule has 0 spiro atoms. The molecule has 2 aliphatic rings. The zero-order chi connectivity index (χ0) is 12.1. The number of nitrogens with one attached hydrogen (secondary N) is 1. The van der Waals surface area contributed by atoms with Crippen LogP contribution in [0.3, 0.4) is 0 Å². The van der Waals surface area contributed by atoms with Gasteiger partial charge in [-0.2, -0.15) is 0 Å². The normalized spacial score (nSPS) is 28.1. The van der Waals surface area contributed by atoms with Crippen LogP contribution in [-0.2, 0) is 4.74 Å². The number of rotatable bonds is 6. The van der Waals surface area contributed by atoms with Crippen molar-refractivity contribution in [2.45, 2.75) is 50.7 Å². The van der Waals surface area contributed by atoms with Crippen molar-refractivity contribution in [3.05, 3.63) is 0 Å². The fourth-order valence-corrected chi connectivity index (χ4v) is 3.38. The minimum absolute atomic E-state index is 0.487. The summed E-state index contributed by atoms with van der Waals surface area (Å²) in [6.07, 6.45) is 8.67. The van der Waals surface area contributed by atoms with E-state index in [4.69, 9.17) is 4.74 Å². The highest BCUT2D eigenvalue weighted by molar-refractivity contribution is 4.82. The zero-order valence-electron chi connectivity index (χ0n) is 11.5. The largest absolute Gasteiger partial charge is 0.377 e. The number of ether oxygens (including phenoxy) is 1. The van der Waals surface area contributed by atoms with Gasteiger partial charge in [-0.1, -0.05) is 12.8 Å². The predicted molar refractivity (Wildman–Crippen MR) is 71.3 cm³/mol. The highest BCUT2D eigenvalue weighted by Gasteiger charge is 2.26. The Morgan fingerprint density at radius 1 is 1.24 bits per heavy atom. The third-order valence-corrected chi connectivity index (χ3v) is 4.39. The van der Waals surface area contributed by atoms with E-state index in [1.165, 1.54) is 45.1 Å². The number of nitrogens with zero attached hydrogens (tertiary/aromatic N) is 1. The van der Waals surface area contributed by atoms with Crippen molar-refractivity contribution in [1.82, 2.24) is 10.2 Å². The first-order valence-electron chi connectivity index (χ1n) is 7.27. The second kappa shape index (κ2) is 6.72. The first kappa shape index (κ1) is 13.3. The molecule has 1 heterocycles. The van der Waals surface area contributed by atoms with Gasteiger partial charge >= 0.3 is 0 Å². The monoisotopic (exact) mass is 240 g/mol. The van der Waals surface area contributed by atoms with E-state index in [1.54, 1.807) is 0 Å². The van der Waals surface area contributed by atoms with Crippen LogP contribution in [0, 0.1) is 5.92 Å². The molecule has 0 radical (unpaired) electrons. The quantitative estimate of drug-likeness (QED) is 0.767. The smallest absolute Gasteiger partial charge is 0.0702 e. The van der Waals surface area contributed by atoms with Crippen molar-refractivity contribution in [2.75, 3.05) is 33.8 Å². The van der Waals surface area contributed by atoms with E-state index < -0.39 is 0 Å². The topological polar surface area (TPSA) is 24.5 Å². The molecule has 2 atom stereocenters. The third kappa shape index (κ3) is 3.94. The molecule has 0 bridgehead atoms. The van der Waals surface area contributed by atoms with Crippen LogP contribution >= 0.6 is 0 Å². The van der Waals surface area contributed by atoms with Gasteiger partial charge in [0.1, 0.15) is 0 Å². The Balaban J connectivity index is 1.72. The summed E-state index contributed by atoms with van der Waals surface area (Å²) in [6, 6.07) is 0.670. The van der Waals surface area contributed by atoms with Crippen molar-refractivity contribution < 1.29 is 4.74 Å². The molecule has 1 saturated carbocycles. The first-order valence-corrected chi connectivity index (χ1v) is 7.27. The van der Waals surface area contributed by atoms with Gasteiger partial charge < -0.3 is 15.0 Å². The summed E-state index contributed by atoms with van der Waals surface area (Å²) in [5.41, 5.74) is 0. The van der Waals surface area contributed by atoms with Gasteiger partial charge in [-0.3, -0.25) is 0 Å². The molecule has 1 saturated heterocycles. The van der Waals surface area contributed by atoms with Crippen molar-refractivity contribution in [1.29, 1.82) is 0 Å². The Bertz CT molecular complexity index is 210. The molecule has 1 N–H and O–H groups in total. The molecule has 1 aliphatic carbocycles. The number of likely N-dealkylation sites (N-methyl/N-ethyl adjacent to an activating group) is 2. The molecule has 2 unspecified atom stereocenters. The van der Waals surface area contributed by atoms with Crippen LogP contribution in [0.25, 0.3) is 0 Å². The van der Waals surface area contributed by atoms with Crippen molar-refractivity contribution >= 4 is 0 Å². The Hall–Kier alpha value is -0.120. The lowest BCUT2D eigenvalue weighted by Gasteiger charge is -2.29. The summed E-state index contributed by atoms with van der Waals surface area (Å²) in [7, 11) is 4.35. The van der Waals surface area contributed by atoms with Gasteiger partial charge in [-0.25, -0.2) is 0 Å². The van der Waals surface area contributed by atoms with Gasteiger partial charge in [-0.15, -0.1) is 0 Å². The molecule has 3 nitrogen and oxygen atoms in total. The Labute approximate surface area is 106 Å². The van der Waals surface area contributed by atoms with E-state index in [9.17, 15) is 0 Å². The molecular formula is C14H28N2O. The standard InChI is InChI=1S/C14H28N2O/c1-15-14(12-6-3-4-7-12)11-16(2)10-13-8-5-9-17-13/h12-15H,3-11H2,1-2H3. The molecule has 0 amide bonds. The van der Waals surface area contributed by atoms with Gasteiger partial charge in [0.05, 0.1) is 6.10 Å². The summed E-state index contributed by atoms with van der Waals surface area (Å²) in [6.45, 7) is 3.24. The lowest BCUT2D eigenvalue weighted by Crippen LogP contribution is -2.44. The van der Waals surface area contributed by atoms with E-state index in [2.05, 4.69) is 24.3 Å². The summed E-state index contributed by atoms with van der Waals surface area (Å²) < 4.78 is 5.70. The Kier molecular flexibility index (Phi) is 5.26. The molecule has 1 aliphatic heterocycles. The SMILES string of the molecule is CNC(CN(C)CC1CCCO1)C1CCCC1. The molecule has 2 fully saturated rings. The predicted octanol–water partition coefficient (Wildman–Crippen LogP) is 1.88. The summed E-state index contributed by atoms with van der Waals surface area (Å²) in [5, 5.41) is 3.52. The maximum atomic E-state index is 5.70. The van der Waals surface area contributed by atoms with Crippen LogP contribution in [0.4, 0.5) is 0 Å². The maximum Gasteiger partial charge on any atom is 0.0702 e. The van der Waals surface area contributed by atoms with Crippen LogP contribution < -0.4 is 5.32 Å². The Morgan fingerprint density at radius 3 is 2.59 bits per heavy atom. The third-order valence-electron chi connectivity index (χ3n) is 4.39. The van der Waals surface area contributed by atoms with Crippen molar-refractivity contribution in [2.24, 2.45) is 5.92 Å². The number of hydrogen-bond donors (Lipinski definition) is 1. The second-order valence-corrected chi connectivity index (χ2v) is 5.80. The van der Waals surface area contributed by atoms with Crippen LogP contribution in [-0.4, -0.2) is 50.8 Å². The molecule has 17 heavy (non-hydrogen) atoms. The second-order valence-electron chi connectivity index (χ2n) is 5.80. The molecule has 0 aromatic heterocycles. The maximum absolute atomic E-state index is 5.70. The molecular weight excluding hydrogens is 212 g/mol. The minimum atomic E-state index is 0.487. The van der Waals surface area contributed by atoms with Crippen molar-refractivity contribution in [3.63, 3.8) is 0 Å². The molecule has 2 rings (SSSR count). The highest BCUT2D eigenvalue weighted by Crippen LogP contribution is 2.28. The molecule has 3 heteroatoms. The minimum Gasteiger partial charge on any atom is -0.377 e. The van der Waals surface area contributed by atoms with Crippen LogP contribution in [0.2, 0.25) is 0 Å². The highest BCUT2D eigenvalue weighted by atomic mass is 16.5. The molecule has 0 aromatic rings. The summed E-state index contributed by atoms with van der Waals surface area (Å²) in [5.74, 6) is 0.895. The summed E-state index contributed by atoms with van der Waals surface area (Å²) >= 11 is 0. The van der Waals surface area contributed by atoms with Gasteiger partial charge in [0.2, 0.25) is 0 Å². The van der Waals surface area contributed by atoms with Gasteiger partial charge in [0.15, 0.2) is 0 Å². The summed E-state index contributed by atoms with van der Waals surface area (Å²) in [4.78, 5) is 2.45. The van der Waals surface area contributed by atoms with Crippen LogP contribution in [0.5, 0.6) is 0 Å². The molecule has 100 valence electrons. The van der Waals surface area contributed by atoms with Gasteiger partial charge in [0.25, 0.3) is 0 Å². The first-order chi connectivity index (χ1) is 8.29. The van der Waals surface area contributed by atoms with Crippen LogP contribution in [0.1, 0.15) is 38.5 Å². The fraction of sp³-hybridized carbons (Fsp3) is 1.00.